The van der Waals surface area contributed by atoms with Crippen LogP contribution in [0.4, 0.5) is 0 Å². The molecule has 0 saturated carbocycles. The summed E-state index contributed by atoms with van der Waals surface area (Å²) in [5, 5.41) is 3.41. The third kappa shape index (κ3) is 1.82. The number of benzene rings is 1. The molecule has 1 spiro atoms. The van der Waals surface area contributed by atoms with Gasteiger partial charge in [-0.2, -0.15) is 0 Å². The molecule has 3 nitrogen and oxygen atoms in total. The molecule has 1 fully saturated rings. The van der Waals surface area contributed by atoms with Crippen LogP contribution in [-0.2, 0) is 4.74 Å². The van der Waals surface area contributed by atoms with Crippen molar-refractivity contribution >= 4 is 0 Å². The first-order valence-corrected chi connectivity index (χ1v) is 6.67. The Labute approximate surface area is 108 Å². The van der Waals surface area contributed by atoms with Gasteiger partial charge in [0, 0.05) is 32.1 Å². The lowest BCUT2D eigenvalue weighted by Gasteiger charge is -2.39. The summed E-state index contributed by atoms with van der Waals surface area (Å²) in [5.74, 6) is 1.02. The van der Waals surface area contributed by atoms with Crippen LogP contribution in [0.25, 0.3) is 0 Å². The smallest absolute Gasteiger partial charge is 0.126 e. The predicted octanol–water partition coefficient (Wildman–Crippen LogP) is 2.51. The number of nitrogens with one attached hydrogen (secondary N) is 1. The molecular weight excluding hydrogens is 226 g/mol. The van der Waals surface area contributed by atoms with Crippen LogP contribution < -0.4 is 10.1 Å². The monoisotopic (exact) mass is 247 g/mol. The van der Waals surface area contributed by atoms with Gasteiger partial charge in [-0.05, 0) is 37.6 Å². The topological polar surface area (TPSA) is 30.5 Å². The summed E-state index contributed by atoms with van der Waals surface area (Å²) in [5.41, 5.74) is 3.70. The first kappa shape index (κ1) is 12.0. The SMILES string of the molecule is COC1CC2(CCNC2)Oc2cc(C)cc(C)c21. The van der Waals surface area contributed by atoms with E-state index in [1.165, 1.54) is 16.7 Å². The summed E-state index contributed by atoms with van der Waals surface area (Å²) < 4.78 is 12.0. The van der Waals surface area contributed by atoms with E-state index in [2.05, 4.69) is 31.3 Å². The molecule has 2 unspecified atom stereocenters. The van der Waals surface area contributed by atoms with E-state index in [9.17, 15) is 0 Å². The summed E-state index contributed by atoms with van der Waals surface area (Å²) in [6.45, 7) is 6.23. The van der Waals surface area contributed by atoms with Crippen molar-refractivity contribution in [1.29, 1.82) is 0 Å². The Bertz CT molecular complexity index is 464. The van der Waals surface area contributed by atoms with Crippen LogP contribution in [0.2, 0.25) is 0 Å². The summed E-state index contributed by atoms with van der Waals surface area (Å²) in [6.07, 6.45) is 2.18. The van der Waals surface area contributed by atoms with Crippen molar-refractivity contribution in [2.45, 2.75) is 38.4 Å². The number of hydrogen-bond donors (Lipinski definition) is 1. The molecule has 3 rings (SSSR count). The van der Waals surface area contributed by atoms with Gasteiger partial charge in [0.15, 0.2) is 0 Å². The van der Waals surface area contributed by atoms with Crippen molar-refractivity contribution in [2.75, 3.05) is 20.2 Å². The van der Waals surface area contributed by atoms with E-state index >= 15 is 0 Å². The molecule has 0 radical (unpaired) electrons. The average Bonchev–Trinajstić information content (AvgIpc) is 2.75. The molecule has 98 valence electrons. The average molecular weight is 247 g/mol. The Morgan fingerprint density at radius 2 is 2.22 bits per heavy atom. The van der Waals surface area contributed by atoms with Crippen LogP contribution in [0.5, 0.6) is 5.75 Å². The van der Waals surface area contributed by atoms with Gasteiger partial charge >= 0.3 is 0 Å². The van der Waals surface area contributed by atoms with Gasteiger partial charge in [0.25, 0.3) is 0 Å². The summed E-state index contributed by atoms with van der Waals surface area (Å²) in [7, 11) is 1.80. The molecular formula is C15H21NO2. The molecule has 1 N–H and O–H groups in total. The molecule has 0 bridgehead atoms. The minimum atomic E-state index is -0.0616. The fraction of sp³-hybridized carbons (Fsp3) is 0.600. The quantitative estimate of drug-likeness (QED) is 0.827. The van der Waals surface area contributed by atoms with Crippen molar-refractivity contribution in [3.05, 3.63) is 28.8 Å². The van der Waals surface area contributed by atoms with Crippen LogP contribution in [0.3, 0.4) is 0 Å². The molecule has 0 aromatic heterocycles. The highest BCUT2D eigenvalue weighted by atomic mass is 16.5. The van der Waals surface area contributed by atoms with Gasteiger partial charge in [-0.25, -0.2) is 0 Å². The van der Waals surface area contributed by atoms with Crippen LogP contribution in [0.1, 0.15) is 35.6 Å². The fourth-order valence-corrected chi connectivity index (χ4v) is 3.33. The zero-order valence-corrected chi connectivity index (χ0v) is 11.4. The van der Waals surface area contributed by atoms with E-state index in [0.717, 1.165) is 31.7 Å². The second kappa shape index (κ2) is 4.25. The maximum atomic E-state index is 6.33. The minimum Gasteiger partial charge on any atom is -0.485 e. The van der Waals surface area contributed by atoms with Crippen molar-refractivity contribution in [1.82, 2.24) is 5.32 Å². The Hall–Kier alpha value is -1.06. The molecule has 2 atom stereocenters. The van der Waals surface area contributed by atoms with Crippen LogP contribution in [-0.4, -0.2) is 25.8 Å². The zero-order chi connectivity index (χ0) is 12.8. The highest BCUT2D eigenvalue weighted by Crippen LogP contribution is 2.45. The number of hydrogen-bond acceptors (Lipinski definition) is 3. The Kier molecular flexibility index (Phi) is 2.83. The van der Waals surface area contributed by atoms with E-state index < -0.39 is 0 Å². The molecule has 3 heteroatoms. The van der Waals surface area contributed by atoms with Gasteiger partial charge in [-0.15, -0.1) is 0 Å². The lowest BCUT2D eigenvalue weighted by Crippen LogP contribution is -2.43. The highest BCUT2D eigenvalue weighted by Gasteiger charge is 2.43. The number of aryl methyl sites for hydroxylation is 2. The molecule has 1 aromatic rings. The largest absolute Gasteiger partial charge is 0.485 e. The van der Waals surface area contributed by atoms with E-state index in [1.807, 2.05) is 0 Å². The Morgan fingerprint density at radius 1 is 1.39 bits per heavy atom. The summed E-state index contributed by atoms with van der Waals surface area (Å²) in [6, 6.07) is 4.35. The van der Waals surface area contributed by atoms with Gasteiger partial charge in [0.1, 0.15) is 11.4 Å². The number of fused-ring (bicyclic) bond motifs is 1. The van der Waals surface area contributed by atoms with E-state index in [1.54, 1.807) is 7.11 Å². The van der Waals surface area contributed by atoms with Crippen LogP contribution in [0, 0.1) is 13.8 Å². The maximum absolute atomic E-state index is 6.33. The number of rotatable bonds is 1. The predicted molar refractivity (Wildman–Crippen MR) is 71.1 cm³/mol. The molecule has 0 aliphatic carbocycles. The minimum absolute atomic E-state index is 0.0616. The Balaban J connectivity index is 2.06. The number of methoxy groups -OCH3 is 1. The van der Waals surface area contributed by atoms with Gasteiger partial charge in [0.2, 0.25) is 0 Å². The van der Waals surface area contributed by atoms with E-state index in [0.29, 0.717) is 0 Å². The highest BCUT2D eigenvalue weighted by molar-refractivity contribution is 5.46. The summed E-state index contributed by atoms with van der Waals surface area (Å²) >= 11 is 0. The van der Waals surface area contributed by atoms with Gasteiger partial charge in [-0.3, -0.25) is 0 Å². The first-order valence-electron chi connectivity index (χ1n) is 6.67. The Morgan fingerprint density at radius 3 is 2.89 bits per heavy atom. The first-order chi connectivity index (χ1) is 8.63. The van der Waals surface area contributed by atoms with Crippen LogP contribution in [0.15, 0.2) is 12.1 Å². The van der Waals surface area contributed by atoms with Gasteiger partial charge in [-0.1, -0.05) is 6.07 Å². The van der Waals surface area contributed by atoms with Gasteiger partial charge < -0.3 is 14.8 Å². The van der Waals surface area contributed by atoms with Crippen molar-refractivity contribution in [3.63, 3.8) is 0 Å². The van der Waals surface area contributed by atoms with Crippen molar-refractivity contribution < 1.29 is 9.47 Å². The summed E-state index contributed by atoms with van der Waals surface area (Å²) in [4.78, 5) is 0. The molecule has 1 aromatic carbocycles. The third-order valence-electron chi connectivity index (χ3n) is 4.19. The molecule has 2 aliphatic rings. The fourth-order valence-electron chi connectivity index (χ4n) is 3.33. The second-order valence-electron chi connectivity index (χ2n) is 5.63. The lowest BCUT2D eigenvalue weighted by atomic mass is 9.85. The van der Waals surface area contributed by atoms with E-state index in [-0.39, 0.29) is 11.7 Å². The normalized spacial score (nSPS) is 30.3. The second-order valence-corrected chi connectivity index (χ2v) is 5.63. The lowest BCUT2D eigenvalue weighted by molar-refractivity contribution is -0.0207. The molecule has 2 heterocycles. The maximum Gasteiger partial charge on any atom is 0.126 e. The van der Waals surface area contributed by atoms with Crippen LogP contribution >= 0.6 is 0 Å². The zero-order valence-electron chi connectivity index (χ0n) is 11.4. The third-order valence-corrected chi connectivity index (χ3v) is 4.19. The molecule has 2 aliphatic heterocycles. The van der Waals surface area contributed by atoms with E-state index in [4.69, 9.17) is 9.47 Å². The molecule has 0 amide bonds. The number of ether oxygens (including phenoxy) is 2. The van der Waals surface area contributed by atoms with Crippen molar-refractivity contribution in [3.8, 4) is 5.75 Å². The standard InChI is InChI=1S/C15H21NO2/c1-10-6-11(2)14-12(7-10)18-15(4-5-16-9-15)8-13(14)17-3/h6-7,13,16H,4-5,8-9H2,1-3H3. The van der Waals surface area contributed by atoms with Gasteiger partial charge in [0.05, 0.1) is 6.10 Å². The van der Waals surface area contributed by atoms with Crippen molar-refractivity contribution in [2.24, 2.45) is 0 Å². The molecule has 18 heavy (non-hydrogen) atoms. The molecule has 1 saturated heterocycles.